The third-order valence-electron chi connectivity index (χ3n) is 2.25. The Bertz CT molecular complexity index is 647. The molecular formula is C11H9F3N4OS. The molecule has 1 amide bonds. The lowest BCUT2D eigenvalue weighted by atomic mass is 10.2. The first kappa shape index (κ1) is 14.4. The zero-order chi connectivity index (χ0) is 14.7. The third kappa shape index (κ3) is 2.93. The summed E-state index contributed by atoms with van der Waals surface area (Å²) in [7, 11) is 0. The summed E-state index contributed by atoms with van der Waals surface area (Å²) < 4.78 is 39.2. The van der Waals surface area contributed by atoms with Gasteiger partial charge in [0, 0.05) is 0 Å². The summed E-state index contributed by atoms with van der Waals surface area (Å²) in [4.78, 5) is 15.6. The standard InChI is InChI=1S/C11H9F3N4OS/c1-2-20-11-16-10(17-18-11)15-9(19)5-3-4-6(12)8(14)7(5)13/h3-4H,2H2,1H3,(H2,15,16,17,18,19). The Morgan fingerprint density at radius 1 is 1.35 bits per heavy atom. The summed E-state index contributed by atoms with van der Waals surface area (Å²) in [5.74, 6) is -4.83. The number of carbonyl (C=O) groups is 1. The fraction of sp³-hybridized carbons (Fsp3) is 0.182. The van der Waals surface area contributed by atoms with E-state index in [1.165, 1.54) is 11.8 Å². The second-order valence-corrected chi connectivity index (χ2v) is 4.81. The maximum absolute atomic E-state index is 13.4. The van der Waals surface area contributed by atoms with Crippen LogP contribution in [0.5, 0.6) is 0 Å². The van der Waals surface area contributed by atoms with E-state index in [4.69, 9.17) is 0 Å². The van der Waals surface area contributed by atoms with Gasteiger partial charge in [-0.05, 0) is 17.9 Å². The Labute approximate surface area is 116 Å². The average Bonchev–Trinajstić information content (AvgIpc) is 2.84. The summed E-state index contributed by atoms with van der Waals surface area (Å²) in [5.41, 5.74) is -0.620. The maximum atomic E-state index is 13.4. The molecule has 0 spiro atoms. The molecule has 0 aliphatic carbocycles. The van der Waals surface area contributed by atoms with E-state index in [1.807, 2.05) is 6.92 Å². The molecule has 1 heterocycles. The van der Waals surface area contributed by atoms with Gasteiger partial charge in [0.2, 0.25) is 11.1 Å². The molecule has 0 aliphatic rings. The van der Waals surface area contributed by atoms with E-state index in [2.05, 4.69) is 20.5 Å². The Balaban J connectivity index is 2.17. The van der Waals surface area contributed by atoms with E-state index in [1.54, 1.807) is 0 Å². The zero-order valence-electron chi connectivity index (χ0n) is 10.2. The number of thioether (sulfide) groups is 1. The molecule has 5 nitrogen and oxygen atoms in total. The molecule has 9 heteroatoms. The fourth-order valence-corrected chi connectivity index (χ4v) is 1.90. The predicted octanol–water partition coefficient (Wildman–Crippen LogP) is 2.59. The van der Waals surface area contributed by atoms with E-state index >= 15 is 0 Å². The van der Waals surface area contributed by atoms with Crippen LogP contribution >= 0.6 is 11.8 Å². The lowest BCUT2D eigenvalue weighted by Crippen LogP contribution is -2.16. The van der Waals surface area contributed by atoms with Gasteiger partial charge >= 0.3 is 0 Å². The molecule has 0 unspecified atom stereocenters. The van der Waals surface area contributed by atoms with Crippen molar-refractivity contribution in [1.82, 2.24) is 15.2 Å². The Hall–Kier alpha value is -2.03. The van der Waals surface area contributed by atoms with Gasteiger partial charge in [-0.25, -0.2) is 18.3 Å². The highest BCUT2D eigenvalue weighted by molar-refractivity contribution is 7.99. The van der Waals surface area contributed by atoms with Gasteiger partial charge < -0.3 is 0 Å². The highest BCUT2D eigenvalue weighted by Gasteiger charge is 2.19. The van der Waals surface area contributed by atoms with Crippen LogP contribution < -0.4 is 5.32 Å². The van der Waals surface area contributed by atoms with Gasteiger partial charge in [0.25, 0.3) is 5.91 Å². The number of halogens is 3. The molecule has 0 bridgehead atoms. The number of carbonyl (C=O) groups excluding carboxylic acids is 1. The third-order valence-corrected chi connectivity index (χ3v) is 2.98. The van der Waals surface area contributed by atoms with Crippen LogP contribution in [0, 0.1) is 17.5 Å². The number of anilines is 1. The Morgan fingerprint density at radius 3 is 2.80 bits per heavy atom. The Kier molecular flexibility index (Phi) is 4.28. The molecule has 0 aliphatic heterocycles. The van der Waals surface area contributed by atoms with Gasteiger partial charge in [-0.15, -0.1) is 5.10 Å². The molecule has 1 aromatic carbocycles. The van der Waals surface area contributed by atoms with Crippen LogP contribution in [-0.2, 0) is 0 Å². The molecule has 2 N–H and O–H groups in total. The number of aromatic amines is 1. The predicted molar refractivity (Wildman–Crippen MR) is 67.0 cm³/mol. The number of rotatable bonds is 4. The monoisotopic (exact) mass is 302 g/mol. The van der Waals surface area contributed by atoms with Crippen LogP contribution in [0.2, 0.25) is 0 Å². The largest absolute Gasteiger partial charge is 0.291 e. The van der Waals surface area contributed by atoms with Crippen LogP contribution in [0.1, 0.15) is 17.3 Å². The van der Waals surface area contributed by atoms with E-state index in [9.17, 15) is 18.0 Å². The van der Waals surface area contributed by atoms with Crippen LogP contribution in [-0.4, -0.2) is 26.8 Å². The number of hydrogen-bond acceptors (Lipinski definition) is 4. The van der Waals surface area contributed by atoms with Crippen molar-refractivity contribution >= 4 is 23.6 Å². The summed E-state index contributed by atoms with van der Waals surface area (Å²) in [6, 6.07) is 1.52. The average molecular weight is 302 g/mol. The molecule has 2 aromatic rings. The number of nitrogens with zero attached hydrogens (tertiary/aromatic N) is 2. The first-order valence-electron chi connectivity index (χ1n) is 5.53. The van der Waals surface area contributed by atoms with Crippen molar-refractivity contribution in [3.63, 3.8) is 0 Å². The molecule has 0 atom stereocenters. The van der Waals surface area contributed by atoms with Crippen molar-refractivity contribution in [2.24, 2.45) is 0 Å². The van der Waals surface area contributed by atoms with Crippen LogP contribution in [0.3, 0.4) is 0 Å². The van der Waals surface area contributed by atoms with Gasteiger partial charge in [-0.3, -0.25) is 10.1 Å². The summed E-state index contributed by atoms with van der Waals surface area (Å²) >= 11 is 1.34. The van der Waals surface area contributed by atoms with Gasteiger partial charge in [-0.1, -0.05) is 18.7 Å². The summed E-state index contributed by atoms with van der Waals surface area (Å²) in [5, 5.41) is 8.85. The van der Waals surface area contributed by atoms with Crippen molar-refractivity contribution in [2.45, 2.75) is 12.1 Å². The molecule has 106 valence electrons. The van der Waals surface area contributed by atoms with Crippen molar-refractivity contribution in [3.05, 3.63) is 35.1 Å². The summed E-state index contributed by atoms with van der Waals surface area (Å²) in [6.07, 6.45) is 0. The lowest BCUT2D eigenvalue weighted by Gasteiger charge is -2.04. The van der Waals surface area contributed by atoms with E-state index < -0.39 is 28.9 Å². The minimum atomic E-state index is -1.70. The van der Waals surface area contributed by atoms with E-state index in [-0.39, 0.29) is 5.95 Å². The minimum absolute atomic E-state index is 0.00455. The molecule has 0 saturated carbocycles. The highest BCUT2D eigenvalue weighted by Crippen LogP contribution is 2.17. The van der Waals surface area contributed by atoms with Gasteiger partial charge in [-0.2, -0.15) is 4.98 Å². The minimum Gasteiger partial charge on any atom is -0.291 e. The summed E-state index contributed by atoms with van der Waals surface area (Å²) in [6.45, 7) is 1.90. The van der Waals surface area contributed by atoms with Crippen LogP contribution in [0.4, 0.5) is 19.1 Å². The Morgan fingerprint density at radius 2 is 2.10 bits per heavy atom. The van der Waals surface area contributed by atoms with Gasteiger partial charge in [0.15, 0.2) is 17.5 Å². The number of nitrogens with one attached hydrogen (secondary N) is 2. The molecule has 0 radical (unpaired) electrons. The number of aromatic nitrogens is 3. The molecule has 20 heavy (non-hydrogen) atoms. The van der Waals surface area contributed by atoms with Crippen LogP contribution in [0.15, 0.2) is 17.3 Å². The zero-order valence-corrected chi connectivity index (χ0v) is 11.0. The molecule has 2 rings (SSSR count). The van der Waals surface area contributed by atoms with Gasteiger partial charge in [0.1, 0.15) is 0 Å². The van der Waals surface area contributed by atoms with E-state index in [0.29, 0.717) is 11.2 Å². The number of hydrogen-bond donors (Lipinski definition) is 2. The molecule has 0 fully saturated rings. The molecular weight excluding hydrogens is 293 g/mol. The number of amides is 1. The molecule has 0 saturated heterocycles. The smallest absolute Gasteiger partial charge is 0.261 e. The molecule has 1 aromatic heterocycles. The quantitative estimate of drug-likeness (QED) is 0.672. The van der Waals surface area contributed by atoms with Crippen molar-refractivity contribution < 1.29 is 18.0 Å². The number of benzene rings is 1. The van der Waals surface area contributed by atoms with E-state index in [0.717, 1.165) is 11.8 Å². The van der Waals surface area contributed by atoms with Crippen molar-refractivity contribution in [3.8, 4) is 0 Å². The van der Waals surface area contributed by atoms with Crippen molar-refractivity contribution in [1.29, 1.82) is 0 Å². The number of H-pyrrole nitrogens is 1. The fourth-order valence-electron chi connectivity index (χ4n) is 1.37. The first-order valence-corrected chi connectivity index (χ1v) is 6.51. The first-order chi connectivity index (χ1) is 9.52. The SMILES string of the molecule is CCSc1n[nH]c(NC(=O)c2ccc(F)c(F)c2F)n1. The second kappa shape index (κ2) is 5.95. The normalized spacial score (nSPS) is 10.6. The lowest BCUT2D eigenvalue weighted by molar-refractivity contribution is 0.102. The van der Waals surface area contributed by atoms with Crippen LogP contribution in [0.25, 0.3) is 0 Å². The maximum Gasteiger partial charge on any atom is 0.261 e. The van der Waals surface area contributed by atoms with Crippen molar-refractivity contribution in [2.75, 3.05) is 11.1 Å². The highest BCUT2D eigenvalue weighted by atomic mass is 32.2. The topological polar surface area (TPSA) is 70.7 Å². The van der Waals surface area contributed by atoms with Gasteiger partial charge in [0.05, 0.1) is 5.56 Å². The second-order valence-electron chi connectivity index (χ2n) is 3.58.